The number of aromatic nitrogens is 1. The maximum absolute atomic E-state index is 12.3. The molecule has 1 aromatic heterocycles. The van der Waals surface area contributed by atoms with E-state index >= 15 is 0 Å². The third kappa shape index (κ3) is 6.12. The zero-order valence-corrected chi connectivity index (χ0v) is 15.8. The summed E-state index contributed by atoms with van der Waals surface area (Å²) in [4.78, 5) is 8.51. The molecule has 0 unspecified atom stereocenters. The van der Waals surface area contributed by atoms with Crippen LogP contribution >= 0.6 is 0 Å². The molecule has 0 bridgehead atoms. The highest BCUT2D eigenvalue weighted by Gasteiger charge is 2.35. The van der Waals surface area contributed by atoms with Crippen molar-refractivity contribution in [3.63, 3.8) is 0 Å². The standard InChI is InChI=1S/C17H30N4O2S/c1-4-5-10-24(22,23)19-17-14-21(13-16(17)12-20(2)3)11-15-6-8-18-9-7-15/h6-9,16-17,19H,4-5,10-14H2,1-3H3/t16-,17-/m1/s1. The first kappa shape index (κ1) is 19.3. The van der Waals surface area contributed by atoms with Crippen LogP contribution in [0, 0.1) is 5.92 Å². The quantitative estimate of drug-likeness (QED) is 0.721. The van der Waals surface area contributed by atoms with Gasteiger partial charge in [-0.3, -0.25) is 9.88 Å². The van der Waals surface area contributed by atoms with Crippen molar-refractivity contribution in [2.24, 2.45) is 5.92 Å². The van der Waals surface area contributed by atoms with E-state index in [9.17, 15) is 8.42 Å². The summed E-state index contributed by atoms with van der Waals surface area (Å²) in [6.45, 7) is 5.39. The number of unbranched alkanes of at least 4 members (excludes halogenated alkanes) is 1. The summed E-state index contributed by atoms with van der Waals surface area (Å²) in [7, 11) is 0.874. The molecule has 0 amide bonds. The lowest BCUT2D eigenvalue weighted by atomic mass is 10.0. The number of likely N-dealkylation sites (tertiary alicyclic amines) is 1. The largest absolute Gasteiger partial charge is 0.309 e. The molecule has 0 aliphatic carbocycles. The fourth-order valence-corrected chi connectivity index (χ4v) is 4.76. The lowest BCUT2D eigenvalue weighted by Gasteiger charge is -2.22. The predicted octanol–water partition coefficient (Wildman–Crippen LogP) is 1.16. The molecule has 136 valence electrons. The highest BCUT2D eigenvalue weighted by atomic mass is 32.2. The van der Waals surface area contributed by atoms with E-state index in [1.807, 2.05) is 33.2 Å². The smallest absolute Gasteiger partial charge is 0.211 e. The zero-order valence-electron chi connectivity index (χ0n) is 15.0. The zero-order chi connectivity index (χ0) is 17.6. The van der Waals surface area contributed by atoms with Crippen molar-refractivity contribution in [2.75, 3.05) is 39.5 Å². The summed E-state index contributed by atoms with van der Waals surface area (Å²) in [5.74, 6) is 0.525. The average Bonchev–Trinajstić information content (AvgIpc) is 2.86. The fraction of sp³-hybridized carbons (Fsp3) is 0.706. The summed E-state index contributed by atoms with van der Waals surface area (Å²) in [6.07, 6.45) is 5.20. The van der Waals surface area contributed by atoms with Crippen LogP contribution in [-0.4, -0.2) is 68.7 Å². The summed E-state index contributed by atoms with van der Waals surface area (Å²) in [6, 6.07) is 4.01. The summed E-state index contributed by atoms with van der Waals surface area (Å²) < 4.78 is 27.5. The van der Waals surface area contributed by atoms with Crippen molar-refractivity contribution in [3.8, 4) is 0 Å². The van der Waals surface area contributed by atoms with E-state index in [2.05, 4.69) is 19.5 Å². The number of hydrogen-bond acceptors (Lipinski definition) is 5. The Hall–Kier alpha value is -1.02. The van der Waals surface area contributed by atoms with E-state index in [1.165, 1.54) is 5.56 Å². The highest BCUT2D eigenvalue weighted by Crippen LogP contribution is 2.21. The van der Waals surface area contributed by atoms with Gasteiger partial charge in [-0.1, -0.05) is 13.3 Å². The topological polar surface area (TPSA) is 65.5 Å². The van der Waals surface area contributed by atoms with Gasteiger partial charge in [0, 0.05) is 50.5 Å². The molecule has 2 rings (SSSR count). The van der Waals surface area contributed by atoms with Crippen LogP contribution in [0.5, 0.6) is 0 Å². The van der Waals surface area contributed by atoms with Crippen LogP contribution in [0.1, 0.15) is 25.3 Å². The molecule has 1 aromatic rings. The number of nitrogens with one attached hydrogen (secondary N) is 1. The molecule has 24 heavy (non-hydrogen) atoms. The minimum atomic E-state index is -3.20. The SMILES string of the molecule is CCCCS(=O)(=O)N[C@@H]1CN(Cc2ccncc2)C[C@H]1CN(C)C. The van der Waals surface area contributed by atoms with E-state index < -0.39 is 10.0 Å². The first-order valence-electron chi connectivity index (χ1n) is 8.65. The number of hydrogen-bond donors (Lipinski definition) is 1. The molecule has 7 heteroatoms. The van der Waals surface area contributed by atoms with Crippen LogP contribution in [0.3, 0.4) is 0 Å². The first-order chi connectivity index (χ1) is 11.4. The Morgan fingerprint density at radius 1 is 1.29 bits per heavy atom. The van der Waals surface area contributed by atoms with Gasteiger partial charge in [0.25, 0.3) is 0 Å². The number of pyridine rings is 1. The molecule has 0 radical (unpaired) electrons. The molecule has 0 aromatic carbocycles. The van der Waals surface area contributed by atoms with Crippen molar-refractivity contribution >= 4 is 10.0 Å². The third-order valence-electron chi connectivity index (χ3n) is 4.37. The second kappa shape index (κ2) is 8.89. The maximum Gasteiger partial charge on any atom is 0.211 e. The Kier molecular flexibility index (Phi) is 7.16. The lowest BCUT2D eigenvalue weighted by molar-refractivity contribution is 0.283. The van der Waals surface area contributed by atoms with Crippen LogP contribution in [0.25, 0.3) is 0 Å². The molecule has 6 nitrogen and oxygen atoms in total. The van der Waals surface area contributed by atoms with Gasteiger partial charge in [-0.05, 0) is 38.2 Å². The predicted molar refractivity (Wildman–Crippen MR) is 97.2 cm³/mol. The molecular weight excluding hydrogens is 324 g/mol. The van der Waals surface area contributed by atoms with Gasteiger partial charge in [0.05, 0.1) is 5.75 Å². The molecule has 1 fully saturated rings. The van der Waals surface area contributed by atoms with Gasteiger partial charge in [-0.2, -0.15) is 0 Å². The number of sulfonamides is 1. The van der Waals surface area contributed by atoms with E-state index in [0.717, 1.165) is 32.6 Å². The minimum absolute atomic E-state index is 0.0175. The first-order valence-corrected chi connectivity index (χ1v) is 10.3. The molecule has 1 N–H and O–H groups in total. The van der Waals surface area contributed by atoms with Crippen molar-refractivity contribution in [1.82, 2.24) is 19.5 Å². The third-order valence-corrected chi connectivity index (χ3v) is 5.86. The lowest BCUT2D eigenvalue weighted by Crippen LogP contribution is -2.44. The van der Waals surface area contributed by atoms with Gasteiger partial charge in [0.15, 0.2) is 0 Å². The summed E-state index contributed by atoms with van der Waals surface area (Å²) in [5, 5.41) is 0. The fourth-order valence-electron chi connectivity index (χ4n) is 3.25. The Bertz CT molecular complexity index is 592. The van der Waals surface area contributed by atoms with Gasteiger partial charge in [-0.25, -0.2) is 13.1 Å². The van der Waals surface area contributed by atoms with E-state index in [4.69, 9.17) is 0 Å². The molecular formula is C17H30N4O2S. The van der Waals surface area contributed by atoms with Crippen molar-refractivity contribution in [2.45, 2.75) is 32.4 Å². The van der Waals surface area contributed by atoms with Crippen LogP contribution in [-0.2, 0) is 16.6 Å². The second-order valence-electron chi connectivity index (χ2n) is 6.97. The van der Waals surface area contributed by atoms with Crippen molar-refractivity contribution in [3.05, 3.63) is 30.1 Å². The molecule has 1 saturated heterocycles. The second-order valence-corrected chi connectivity index (χ2v) is 8.84. The van der Waals surface area contributed by atoms with Crippen LogP contribution < -0.4 is 4.72 Å². The van der Waals surface area contributed by atoms with Crippen molar-refractivity contribution in [1.29, 1.82) is 0 Å². The molecule has 1 aliphatic heterocycles. The maximum atomic E-state index is 12.3. The van der Waals surface area contributed by atoms with Crippen molar-refractivity contribution < 1.29 is 8.42 Å². The van der Waals surface area contributed by atoms with E-state index in [0.29, 0.717) is 12.3 Å². The van der Waals surface area contributed by atoms with E-state index in [1.54, 1.807) is 12.4 Å². The highest BCUT2D eigenvalue weighted by molar-refractivity contribution is 7.89. The minimum Gasteiger partial charge on any atom is -0.309 e. The van der Waals surface area contributed by atoms with Gasteiger partial charge in [0.2, 0.25) is 10.0 Å². The Balaban J connectivity index is 2.01. The Morgan fingerprint density at radius 3 is 2.62 bits per heavy atom. The average molecular weight is 355 g/mol. The Labute approximate surface area is 146 Å². The van der Waals surface area contributed by atoms with Crippen LogP contribution in [0.15, 0.2) is 24.5 Å². The molecule has 0 saturated carbocycles. The van der Waals surface area contributed by atoms with Gasteiger partial charge < -0.3 is 4.90 Å². The number of nitrogens with zero attached hydrogens (tertiary/aromatic N) is 3. The van der Waals surface area contributed by atoms with Gasteiger partial charge in [0.1, 0.15) is 0 Å². The summed E-state index contributed by atoms with van der Waals surface area (Å²) in [5.41, 5.74) is 1.21. The molecule has 0 spiro atoms. The Morgan fingerprint density at radius 2 is 2.00 bits per heavy atom. The molecule has 2 heterocycles. The van der Waals surface area contributed by atoms with Gasteiger partial charge >= 0.3 is 0 Å². The van der Waals surface area contributed by atoms with Crippen LogP contribution in [0.4, 0.5) is 0 Å². The van der Waals surface area contributed by atoms with Gasteiger partial charge in [-0.15, -0.1) is 0 Å². The normalized spacial score (nSPS) is 22.3. The van der Waals surface area contributed by atoms with Crippen LogP contribution in [0.2, 0.25) is 0 Å². The molecule has 1 aliphatic rings. The monoisotopic (exact) mass is 354 g/mol. The van der Waals surface area contributed by atoms with E-state index in [-0.39, 0.29) is 11.8 Å². The molecule has 2 atom stereocenters. The summed E-state index contributed by atoms with van der Waals surface area (Å²) >= 11 is 0. The number of rotatable bonds is 9.